The Kier molecular flexibility index (Phi) is 3.40. The fourth-order valence-corrected chi connectivity index (χ4v) is 2.36. The summed E-state index contributed by atoms with van der Waals surface area (Å²) in [6, 6.07) is 0.536. The summed E-state index contributed by atoms with van der Waals surface area (Å²) in [7, 11) is 0. The van der Waals surface area contributed by atoms with E-state index in [9.17, 15) is 0 Å². The molecule has 0 amide bonds. The predicted octanol–water partition coefficient (Wildman–Crippen LogP) is 2.91. The van der Waals surface area contributed by atoms with E-state index in [1.165, 1.54) is 38.5 Å². The van der Waals surface area contributed by atoms with E-state index in [1.54, 1.807) is 6.20 Å². The maximum Gasteiger partial charge on any atom is 0.0738 e. The number of hydrogen-bond donors (Lipinski definition) is 0. The summed E-state index contributed by atoms with van der Waals surface area (Å²) < 4.78 is 2.03. The van der Waals surface area contributed by atoms with Crippen molar-refractivity contribution in [1.82, 2.24) is 15.0 Å². The maximum atomic E-state index is 5.83. The molecule has 0 radical (unpaired) electrons. The van der Waals surface area contributed by atoms with E-state index in [0.717, 1.165) is 5.69 Å². The quantitative estimate of drug-likeness (QED) is 0.559. The highest BCUT2D eigenvalue weighted by Gasteiger charge is 2.17. The van der Waals surface area contributed by atoms with Gasteiger partial charge in [-0.1, -0.05) is 30.9 Å². The molecule has 1 saturated carbocycles. The molecule has 0 unspecified atom stereocenters. The normalized spacial score (nSPS) is 19.5. The molecule has 0 atom stereocenters. The van der Waals surface area contributed by atoms with Crippen molar-refractivity contribution >= 4 is 11.6 Å². The van der Waals surface area contributed by atoms with Crippen LogP contribution >= 0.6 is 11.6 Å². The number of nitrogens with zero attached hydrogens (tertiary/aromatic N) is 3. The van der Waals surface area contributed by atoms with Crippen LogP contribution in [0.1, 0.15) is 50.3 Å². The molecule has 4 heteroatoms. The molecule has 3 nitrogen and oxygen atoms in total. The van der Waals surface area contributed by atoms with E-state index in [2.05, 4.69) is 10.3 Å². The number of aromatic nitrogens is 3. The van der Waals surface area contributed by atoms with Crippen LogP contribution in [0.15, 0.2) is 6.20 Å². The lowest BCUT2D eigenvalue weighted by Gasteiger charge is -2.15. The van der Waals surface area contributed by atoms with Crippen LogP contribution in [0.25, 0.3) is 0 Å². The molecule has 78 valence electrons. The van der Waals surface area contributed by atoms with E-state index >= 15 is 0 Å². The van der Waals surface area contributed by atoms with Gasteiger partial charge < -0.3 is 0 Å². The van der Waals surface area contributed by atoms with Crippen molar-refractivity contribution < 1.29 is 0 Å². The summed E-state index contributed by atoms with van der Waals surface area (Å²) >= 11 is 5.83. The molecule has 0 bridgehead atoms. The number of hydrogen-bond acceptors (Lipinski definition) is 2. The molecule has 1 aliphatic carbocycles. The Balaban J connectivity index is 2.11. The van der Waals surface area contributed by atoms with Gasteiger partial charge in [0.25, 0.3) is 0 Å². The van der Waals surface area contributed by atoms with Gasteiger partial charge in [0.2, 0.25) is 0 Å². The first kappa shape index (κ1) is 9.97. The van der Waals surface area contributed by atoms with Gasteiger partial charge in [-0.2, -0.15) is 0 Å². The largest absolute Gasteiger partial charge is 0.245 e. The lowest BCUT2D eigenvalue weighted by atomic mass is 10.1. The molecule has 14 heavy (non-hydrogen) atoms. The molecule has 0 spiro atoms. The third-order valence-corrected chi connectivity index (χ3v) is 3.23. The van der Waals surface area contributed by atoms with E-state index in [1.807, 2.05) is 4.68 Å². The van der Waals surface area contributed by atoms with Crippen molar-refractivity contribution in [1.29, 1.82) is 0 Å². The fourth-order valence-electron chi connectivity index (χ4n) is 2.17. The second-order valence-electron chi connectivity index (χ2n) is 3.95. The predicted molar refractivity (Wildman–Crippen MR) is 56.3 cm³/mol. The Morgan fingerprint density at radius 1 is 1.29 bits per heavy atom. The number of alkyl halides is 1. The van der Waals surface area contributed by atoms with Crippen LogP contribution in [0.5, 0.6) is 0 Å². The van der Waals surface area contributed by atoms with Crippen LogP contribution < -0.4 is 0 Å². The summed E-state index contributed by atoms with van der Waals surface area (Å²) in [6.07, 6.45) is 9.58. The lowest BCUT2D eigenvalue weighted by molar-refractivity contribution is 0.388. The van der Waals surface area contributed by atoms with Crippen LogP contribution in [0.3, 0.4) is 0 Å². The average molecular weight is 214 g/mol. The third-order valence-electron chi connectivity index (χ3n) is 2.96. The summed E-state index contributed by atoms with van der Waals surface area (Å²) in [4.78, 5) is 0. The molecule has 1 aliphatic rings. The van der Waals surface area contributed by atoms with Gasteiger partial charge in [0.1, 0.15) is 0 Å². The summed E-state index contributed by atoms with van der Waals surface area (Å²) in [5.74, 6) is 0.517. The van der Waals surface area contributed by atoms with E-state index in [0.29, 0.717) is 11.9 Å². The van der Waals surface area contributed by atoms with Gasteiger partial charge in [-0.05, 0) is 12.8 Å². The van der Waals surface area contributed by atoms with Crippen LogP contribution in [0.2, 0.25) is 0 Å². The van der Waals surface area contributed by atoms with Gasteiger partial charge in [-0.25, -0.2) is 4.68 Å². The molecule has 0 saturated heterocycles. The molecular formula is C10H16ClN3. The Morgan fingerprint density at radius 3 is 2.64 bits per heavy atom. The van der Waals surface area contributed by atoms with Crippen LogP contribution in [-0.2, 0) is 5.88 Å². The Bertz CT molecular complexity index is 277. The SMILES string of the molecule is ClCc1cnnn1C1CCCCCC1. The van der Waals surface area contributed by atoms with Crippen molar-refractivity contribution in [2.24, 2.45) is 0 Å². The van der Waals surface area contributed by atoms with E-state index in [4.69, 9.17) is 11.6 Å². The van der Waals surface area contributed by atoms with Gasteiger partial charge in [0.15, 0.2) is 0 Å². The van der Waals surface area contributed by atoms with Gasteiger partial charge >= 0.3 is 0 Å². The second kappa shape index (κ2) is 4.78. The third kappa shape index (κ3) is 2.08. The molecule has 1 heterocycles. The van der Waals surface area contributed by atoms with Gasteiger partial charge in [-0.3, -0.25) is 0 Å². The molecule has 1 fully saturated rings. The second-order valence-corrected chi connectivity index (χ2v) is 4.22. The highest BCUT2D eigenvalue weighted by atomic mass is 35.5. The minimum Gasteiger partial charge on any atom is -0.245 e. The smallest absolute Gasteiger partial charge is 0.0738 e. The minimum absolute atomic E-state index is 0.517. The van der Waals surface area contributed by atoms with Crippen LogP contribution in [-0.4, -0.2) is 15.0 Å². The Hall–Kier alpha value is -0.570. The fraction of sp³-hybridized carbons (Fsp3) is 0.800. The average Bonchev–Trinajstić information content (AvgIpc) is 2.52. The zero-order valence-corrected chi connectivity index (χ0v) is 9.08. The molecule has 0 N–H and O–H groups in total. The van der Waals surface area contributed by atoms with Crippen molar-refractivity contribution in [3.05, 3.63) is 11.9 Å². The van der Waals surface area contributed by atoms with Crippen molar-refractivity contribution in [3.8, 4) is 0 Å². The molecule has 1 aromatic rings. The van der Waals surface area contributed by atoms with E-state index < -0.39 is 0 Å². The first-order valence-corrected chi connectivity index (χ1v) is 5.90. The summed E-state index contributed by atoms with van der Waals surface area (Å²) in [6.45, 7) is 0. The van der Waals surface area contributed by atoms with Crippen molar-refractivity contribution in [3.63, 3.8) is 0 Å². The standard InChI is InChI=1S/C10H16ClN3/c11-7-10-8-12-13-14(10)9-5-3-1-2-4-6-9/h8-9H,1-7H2. The van der Waals surface area contributed by atoms with Gasteiger partial charge in [0.05, 0.1) is 23.8 Å². The first-order valence-electron chi connectivity index (χ1n) is 5.37. The zero-order valence-electron chi connectivity index (χ0n) is 8.32. The highest BCUT2D eigenvalue weighted by molar-refractivity contribution is 6.16. The lowest BCUT2D eigenvalue weighted by Crippen LogP contribution is -2.12. The highest BCUT2D eigenvalue weighted by Crippen LogP contribution is 2.27. The summed E-state index contributed by atoms with van der Waals surface area (Å²) in [5.41, 5.74) is 1.05. The summed E-state index contributed by atoms with van der Waals surface area (Å²) in [5, 5.41) is 8.06. The molecule has 2 rings (SSSR count). The van der Waals surface area contributed by atoms with Crippen LogP contribution in [0.4, 0.5) is 0 Å². The van der Waals surface area contributed by atoms with Gasteiger partial charge in [-0.15, -0.1) is 16.7 Å². The van der Waals surface area contributed by atoms with E-state index in [-0.39, 0.29) is 0 Å². The monoisotopic (exact) mass is 213 g/mol. The minimum atomic E-state index is 0.517. The topological polar surface area (TPSA) is 30.7 Å². The van der Waals surface area contributed by atoms with Crippen LogP contribution in [0, 0.1) is 0 Å². The maximum absolute atomic E-state index is 5.83. The molecule has 0 aliphatic heterocycles. The first-order chi connectivity index (χ1) is 6.92. The Morgan fingerprint density at radius 2 is 2.00 bits per heavy atom. The molecule has 0 aromatic carbocycles. The molecule has 1 aromatic heterocycles. The zero-order chi connectivity index (χ0) is 9.80. The Labute approximate surface area is 89.4 Å². The van der Waals surface area contributed by atoms with Crippen molar-refractivity contribution in [2.75, 3.05) is 0 Å². The van der Waals surface area contributed by atoms with Gasteiger partial charge in [0, 0.05) is 0 Å². The van der Waals surface area contributed by atoms with Crippen molar-refractivity contribution in [2.45, 2.75) is 50.4 Å². The number of rotatable bonds is 2. The number of halogens is 1. The molecular weight excluding hydrogens is 198 g/mol.